The summed E-state index contributed by atoms with van der Waals surface area (Å²) in [7, 11) is 1.45. The molecule has 2 saturated carbocycles. The molecule has 5 atom stereocenters. The van der Waals surface area contributed by atoms with Crippen LogP contribution in [0.2, 0.25) is 0 Å². The van der Waals surface area contributed by atoms with E-state index in [0.29, 0.717) is 5.57 Å². The van der Waals surface area contributed by atoms with E-state index in [1.807, 2.05) is 13.8 Å². The lowest BCUT2D eigenvalue weighted by molar-refractivity contribution is -0.267. The largest absolute Gasteiger partial charge is 0.392 e. The van der Waals surface area contributed by atoms with Crippen LogP contribution in [0.5, 0.6) is 0 Å². The minimum atomic E-state index is -1.40. The first-order valence-corrected chi connectivity index (χ1v) is 7.08. The van der Waals surface area contributed by atoms with E-state index in [1.54, 1.807) is 6.92 Å². The minimum Gasteiger partial charge on any atom is -0.392 e. The van der Waals surface area contributed by atoms with Crippen LogP contribution in [0.4, 0.5) is 0 Å². The molecule has 0 bridgehead atoms. The lowest BCUT2D eigenvalue weighted by atomic mass is 9.73. The standard InChI is InChI=1S/C15H22O5/c1-8(16)5-9-6-11(17)14-7-10(14)13(2,3)20-15(14,19-4)12(9)18/h5,8,10-11,16-17H,6-7H2,1-4H3. The Morgan fingerprint density at radius 2 is 2.15 bits per heavy atom. The lowest BCUT2D eigenvalue weighted by Crippen LogP contribution is -2.58. The van der Waals surface area contributed by atoms with Gasteiger partial charge in [0.05, 0.1) is 23.2 Å². The van der Waals surface area contributed by atoms with Gasteiger partial charge in [-0.05, 0) is 33.3 Å². The third kappa shape index (κ3) is 1.44. The average molecular weight is 282 g/mol. The highest BCUT2D eigenvalue weighted by Gasteiger charge is 2.85. The quantitative estimate of drug-likeness (QED) is 0.732. The van der Waals surface area contributed by atoms with Crippen LogP contribution >= 0.6 is 0 Å². The number of carbonyl (C=O) groups is 1. The molecule has 112 valence electrons. The molecule has 1 heterocycles. The summed E-state index contributed by atoms with van der Waals surface area (Å²) in [5, 5.41) is 20.1. The van der Waals surface area contributed by atoms with Crippen molar-refractivity contribution < 1.29 is 24.5 Å². The van der Waals surface area contributed by atoms with Gasteiger partial charge < -0.3 is 19.7 Å². The summed E-state index contributed by atoms with van der Waals surface area (Å²) >= 11 is 0. The molecular weight excluding hydrogens is 260 g/mol. The van der Waals surface area contributed by atoms with Gasteiger partial charge in [0.1, 0.15) is 0 Å². The van der Waals surface area contributed by atoms with Crippen LogP contribution in [0.1, 0.15) is 33.6 Å². The highest BCUT2D eigenvalue weighted by molar-refractivity contribution is 6.03. The van der Waals surface area contributed by atoms with Gasteiger partial charge in [-0.3, -0.25) is 4.79 Å². The van der Waals surface area contributed by atoms with Crippen LogP contribution in [-0.4, -0.2) is 46.7 Å². The zero-order valence-corrected chi connectivity index (χ0v) is 12.3. The number of methoxy groups -OCH3 is 1. The van der Waals surface area contributed by atoms with Gasteiger partial charge in [0.15, 0.2) is 0 Å². The van der Waals surface area contributed by atoms with Crippen LogP contribution in [0.25, 0.3) is 0 Å². The van der Waals surface area contributed by atoms with Crippen molar-refractivity contribution in [2.75, 3.05) is 7.11 Å². The first-order chi connectivity index (χ1) is 9.21. The molecule has 3 fully saturated rings. The fourth-order valence-corrected chi connectivity index (χ4v) is 4.34. The summed E-state index contributed by atoms with van der Waals surface area (Å²) in [4.78, 5) is 12.8. The Morgan fingerprint density at radius 3 is 2.65 bits per heavy atom. The molecule has 1 aliphatic heterocycles. The van der Waals surface area contributed by atoms with Gasteiger partial charge in [-0.15, -0.1) is 0 Å². The van der Waals surface area contributed by atoms with E-state index in [0.717, 1.165) is 6.42 Å². The second-order valence-electron chi connectivity index (χ2n) is 6.80. The van der Waals surface area contributed by atoms with E-state index in [4.69, 9.17) is 9.47 Å². The van der Waals surface area contributed by atoms with Crippen molar-refractivity contribution in [3.05, 3.63) is 11.6 Å². The van der Waals surface area contributed by atoms with Crippen molar-refractivity contribution >= 4 is 5.78 Å². The molecule has 5 nitrogen and oxygen atoms in total. The van der Waals surface area contributed by atoms with Crippen molar-refractivity contribution in [3.8, 4) is 0 Å². The molecule has 1 saturated heterocycles. The molecule has 0 aromatic rings. The molecule has 5 unspecified atom stereocenters. The van der Waals surface area contributed by atoms with E-state index in [9.17, 15) is 15.0 Å². The van der Waals surface area contributed by atoms with E-state index in [2.05, 4.69) is 0 Å². The number of Topliss-reactive ketones (excluding diaryl/α,β-unsaturated/α-hetero) is 1. The zero-order valence-electron chi connectivity index (χ0n) is 12.3. The van der Waals surface area contributed by atoms with Gasteiger partial charge >= 0.3 is 0 Å². The van der Waals surface area contributed by atoms with Crippen molar-refractivity contribution in [1.82, 2.24) is 0 Å². The Balaban J connectivity index is 2.09. The van der Waals surface area contributed by atoms with Crippen molar-refractivity contribution in [1.29, 1.82) is 0 Å². The number of aliphatic hydroxyl groups is 2. The summed E-state index contributed by atoms with van der Waals surface area (Å²) < 4.78 is 11.5. The summed E-state index contributed by atoms with van der Waals surface area (Å²) in [5.41, 5.74) is -0.728. The van der Waals surface area contributed by atoms with E-state index in [1.165, 1.54) is 13.2 Å². The fraction of sp³-hybridized carbons (Fsp3) is 0.800. The van der Waals surface area contributed by atoms with E-state index < -0.39 is 29.0 Å². The molecule has 3 aliphatic rings. The molecule has 5 heteroatoms. The number of ketones is 1. The second kappa shape index (κ2) is 3.91. The normalized spacial score (nSPS) is 48.9. The minimum absolute atomic E-state index is 0.127. The summed E-state index contributed by atoms with van der Waals surface area (Å²) in [5.74, 6) is -1.53. The van der Waals surface area contributed by atoms with Gasteiger partial charge in [-0.25, -0.2) is 0 Å². The Kier molecular flexibility index (Phi) is 2.78. The molecule has 1 spiro atoms. The Hall–Kier alpha value is -0.750. The van der Waals surface area contributed by atoms with Crippen molar-refractivity contribution in [2.24, 2.45) is 11.3 Å². The third-order valence-electron chi connectivity index (χ3n) is 5.19. The number of aliphatic hydroxyl groups excluding tert-OH is 2. The summed E-state index contributed by atoms with van der Waals surface area (Å²) in [6.45, 7) is 5.45. The summed E-state index contributed by atoms with van der Waals surface area (Å²) in [6.07, 6.45) is 1.05. The lowest BCUT2D eigenvalue weighted by Gasteiger charge is -2.43. The molecule has 0 radical (unpaired) electrons. The molecule has 2 N–H and O–H groups in total. The highest BCUT2D eigenvalue weighted by atomic mass is 16.7. The molecule has 3 rings (SSSR count). The van der Waals surface area contributed by atoms with E-state index in [-0.39, 0.29) is 18.1 Å². The fourth-order valence-electron chi connectivity index (χ4n) is 4.34. The maximum absolute atomic E-state index is 12.8. The van der Waals surface area contributed by atoms with Crippen LogP contribution in [0.15, 0.2) is 11.6 Å². The molecule has 0 aromatic carbocycles. The molecule has 20 heavy (non-hydrogen) atoms. The second-order valence-corrected chi connectivity index (χ2v) is 6.80. The maximum atomic E-state index is 12.8. The Bertz CT molecular complexity index is 494. The highest BCUT2D eigenvalue weighted by Crippen LogP contribution is 2.76. The molecular formula is C15H22O5. The van der Waals surface area contributed by atoms with Crippen molar-refractivity contribution in [3.63, 3.8) is 0 Å². The Labute approximate surface area is 118 Å². The predicted octanol–water partition coefficient (Wildman–Crippen LogP) is 0.785. The number of hydrogen-bond acceptors (Lipinski definition) is 5. The van der Waals surface area contributed by atoms with Gasteiger partial charge in [-0.2, -0.15) is 0 Å². The molecule has 2 aliphatic carbocycles. The molecule has 0 amide bonds. The number of rotatable bonds is 2. The predicted molar refractivity (Wildman–Crippen MR) is 70.8 cm³/mol. The number of ether oxygens (including phenoxy) is 2. The maximum Gasteiger partial charge on any atom is 0.242 e. The van der Waals surface area contributed by atoms with E-state index >= 15 is 0 Å². The first-order valence-electron chi connectivity index (χ1n) is 7.08. The number of carbonyl (C=O) groups excluding carboxylic acids is 1. The van der Waals surface area contributed by atoms with Crippen molar-refractivity contribution in [2.45, 2.75) is 57.2 Å². The SMILES string of the molecule is COC12OC(C)(C)C3CC31C(O)CC(=CC(C)O)C2=O. The van der Waals surface area contributed by atoms with Gasteiger partial charge in [0.25, 0.3) is 0 Å². The molecule has 0 aromatic heterocycles. The van der Waals surface area contributed by atoms with Crippen LogP contribution in [-0.2, 0) is 14.3 Å². The van der Waals surface area contributed by atoms with Gasteiger partial charge in [-0.1, -0.05) is 0 Å². The van der Waals surface area contributed by atoms with Crippen LogP contribution in [0.3, 0.4) is 0 Å². The Morgan fingerprint density at radius 1 is 1.50 bits per heavy atom. The van der Waals surface area contributed by atoms with Gasteiger partial charge in [0.2, 0.25) is 11.6 Å². The third-order valence-corrected chi connectivity index (χ3v) is 5.19. The monoisotopic (exact) mass is 282 g/mol. The topological polar surface area (TPSA) is 76.0 Å². The van der Waals surface area contributed by atoms with Gasteiger partial charge in [0, 0.05) is 25.0 Å². The van der Waals surface area contributed by atoms with Crippen LogP contribution < -0.4 is 0 Å². The van der Waals surface area contributed by atoms with Crippen LogP contribution in [0, 0.1) is 11.3 Å². The zero-order chi connectivity index (χ0) is 14.9. The summed E-state index contributed by atoms with van der Waals surface area (Å²) in [6, 6.07) is 0. The smallest absolute Gasteiger partial charge is 0.242 e. The first kappa shape index (κ1) is 14.2. The number of hydrogen-bond donors (Lipinski definition) is 2. The average Bonchev–Trinajstić information content (AvgIpc) is 3.06.